The molecule has 0 saturated carbocycles. The highest BCUT2D eigenvalue weighted by atomic mass is 79.9. The number of hydrogen-bond donors (Lipinski definition) is 2. The van der Waals surface area contributed by atoms with Gasteiger partial charge in [-0.15, -0.1) is 0 Å². The fourth-order valence-electron chi connectivity index (χ4n) is 1.54. The second kappa shape index (κ2) is 8.14. The zero-order valence-corrected chi connectivity index (χ0v) is 12.7. The van der Waals surface area contributed by atoms with Crippen LogP contribution in [0.2, 0.25) is 0 Å². The third-order valence-corrected chi connectivity index (χ3v) is 3.79. The highest BCUT2D eigenvalue weighted by molar-refractivity contribution is 9.10. The number of rotatable bonds is 7. The van der Waals surface area contributed by atoms with E-state index in [0.717, 1.165) is 22.2 Å². The monoisotopic (exact) mass is 317 g/mol. The van der Waals surface area contributed by atoms with Crippen molar-refractivity contribution in [1.29, 1.82) is 0 Å². The first kappa shape index (κ1) is 15.0. The molecule has 2 N–H and O–H groups in total. The Hall–Kier alpha value is -0.0300. The minimum atomic E-state index is -0.441. The lowest BCUT2D eigenvalue weighted by Gasteiger charge is -2.17. The van der Waals surface area contributed by atoms with Gasteiger partial charge in [-0.2, -0.15) is 11.8 Å². The van der Waals surface area contributed by atoms with Crippen LogP contribution in [0.3, 0.4) is 0 Å². The van der Waals surface area contributed by atoms with Crippen molar-refractivity contribution in [2.24, 2.45) is 0 Å². The van der Waals surface area contributed by atoms with Gasteiger partial charge >= 0.3 is 0 Å². The lowest BCUT2D eigenvalue weighted by Crippen LogP contribution is -2.30. The summed E-state index contributed by atoms with van der Waals surface area (Å²) < 4.78 is 1.00. The third-order valence-electron chi connectivity index (χ3n) is 2.65. The molecule has 0 aliphatic heterocycles. The van der Waals surface area contributed by atoms with Crippen LogP contribution in [0.1, 0.15) is 25.0 Å². The molecule has 1 rings (SSSR count). The molecule has 17 heavy (non-hydrogen) atoms. The van der Waals surface area contributed by atoms with Crippen LogP contribution < -0.4 is 5.32 Å². The van der Waals surface area contributed by atoms with Crippen LogP contribution >= 0.6 is 27.7 Å². The fourth-order valence-corrected chi connectivity index (χ4v) is 2.55. The van der Waals surface area contributed by atoms with Gasteiger partial charge in [-0.25, -0.2) is 0 Å². The summed E-state index contributed by atoms with van der Waals surface area (Å²) in [6, 6.07) is 8.26. The van der Waals surface area contributed by atoms with Gasteiger partial charge in [0.15, 0.2) is 0 Å². The molecule has 0 fully saturated rings. The largest absolute Gasteiger partial charge is 0.387 e. The highest BCUT2D eigenvalue weighted by Crippen LogP contribution is 2.17. The van der Waals surface area contributed by atoms with Crippen molar-refractivity contribution in [2.75, 3.05) is 18.6 Å². The molecule has 1 aromatic carbocycles. The predicted molar refractivity (Wildman–Crippen MR) is 79.6 cm³/mol. The van der Waals surface area contributed by atoms with E-state index in [-0.39, 0.29) is 0 Å². The molecule has 1 aromatic rings. The molecule has 2 nitrogen and oxygen atoms in total. The molecule has 0 aliphatic carbocycles. The number of benzene rings is 1. The van der Waals surface area contributed by atoms with Crippen LogP contribution in [-0.2, 0) is 0 Å². The van der Waals surface area contributed by atoms with Crippen LogP contribution in [0.25, 0.3) is 0 Å². The summed E-state index contributed by atoms with van der Waals surface area (Å²) in [5.41, 5.74) is 0.948. The summed E-state index contributed by atoms with van der Waals surface area (Å²) >= 11 is 5.26. The van der Waals surface area contributed by atoms with Crippen molar-refractivity contribution in [3.63, 3.8) is 0 Å². The van der Waals surface area contributed by atoms with Crippen LogP contribution in [0, 0.1) is 0 Å². The third kappa shape index (κ3) is 5.91. The molecular formula is C13H20BrNOS. The summed E-state index contributed by atoms with van der Waals surface area (Å²) in [6.07, 6.45) is 2.80. The van der Waals surface area contributed by atoms with E-state index in [1.54, 1.807) is 0 Å². The Morgan fingerprint density at radius 1 is 1.47 bits per heavy atom. The topological polar surface area (TPSA) is 32.3 Å². The zero-order chi connectivity index (χ0) is 12.7. The standard InChI is InChI=1S/C13H20BrNOS/c1-10(6-7-17-2)15-9-13(16)11-4-3-5-12(14)8-11/h3-5,8,10,13,15-16H,6-7,9H2,1-2H3. The Morgan fingerprint density at radius 2 is 2.24 bits per heavy atom. The van der Waals surface area contributed by atoms with Crippen LogP contribution in [-0.4, -0.2) is 29.7 Å². The molecule has 2 atom stereocenters. The number of aliphatic hydroxyl groups excluding tert-OH is 1. The fraction of sp³-hybridized carbons (Fsp3) is 0.538. The first-order valence-electron chi connectivity index (χ1n) is 5.79. The molecule has 0 aromatic heterocycles. The summed E-state index contributed by atoms with van der Waals surface area (Å²) in [5, 5.41) is 13.4. The Balaban J connectivity index is 2.36. The number of thioether (sulfide) groups is 1. The average molecular weight is 318 g/mol. The van der Waals surface area contributed by atoms with Gasteiger partial charge in [-0.05, 0) is 43.0 Å². The number of aliphatic hydroxyl groups is 1. The molecule has 0 radical (unpaired) electrons. The molecular weight excluding hydrogens is 298 g/mol. The van der Waals surface area contributed by atoms with E-state index in [1.165, 1.54) is 0 Å². The second-order valence-corrected chi connectivity index (χ2v) is 6.06. The van der Waals surface area contributed by atoms with Gasteiger partial charge in [-0.3, -0.25) is 0 Å². The SMILES string of the molecule is CSCCC(C)NCC(O)c1cccc(Br)c1. The van der Waals surface area contributed by atoms with Gasteiger partial charge in [-0.1, -0.05) is 28.1 Å². The molecule has 0 spiro atoms. The summed E-state index contributed by atoms with van der Waals surface area (Å²) in [6.45, 7) is 2.76. The molecule has 4 heteroatoms. The zero-order valence-electron chi connectivity index (χ0n) is 10.3. The van der Waals surface area contributed by atoms with Crippen molar-refractivity contribution in [1.82, 2.24) is 5.32 Å². The molecule has 0 bridgehead atoms. The van der Waals surface area contributed by atoms with Gasteiger partial charge in [0.2, 0.25) is 0 Å². The van der Waals surface area contributed by atoms with Gasteiger partial charge < -0.3 is 10.4 Å². The Kier molecular flexibility index (Phi) is 7.19. The number of hydrogen-bond acceptors (Lipinski definition) is 3. The normalized spacial score (nSPS) is 14.6. The lowest BCUT2D eigenvalue weighted by atomic mass is 10.1. The van der Waals surface area contributed by atoms with E-state index in [1.807, 2.05) is 36.0 Å². The predicted octanol–water partition coefficient (Wildman–Crippen LogP) is 3.21. The van der Waals surface area contributed by atoms with Crippen molar-refractivity contribution < 1.29 is 5.11 Å². The second-order valence-electron chi connectivity index (χ2n) is 4.16. The Labute approximate surface area is 116 Å². The van der Waals surface area contributed by atoms with Gasteiger partial charge in [0.05, 0.1) is 6.10 Å². The van der Waals surface area contributed by atoms with E-state index >= 15 is 0 Å². The molecule has 0 amide bonds. The van der Waals surface area contributed by atoms with Crippen molar-refractivity contribution in [3.8, 4) is 0 Å². The van der Waals surface area contributed by atoms with Crippen molar-refractivity contribution in [2.45, 2.75) is 25.5 Å². The maximum absolute atomic E-state index is 10.0. The van der Waals surface area contributed by atoms with Gasteiger partial charge in [0.1, 0.15) is 0 Å². The van der Waals surface area contributed by atoms with E-state index in [2.05, 4.69) is 34.4 Å². The molecule has 2 unspecified atom stereocenters. The lowest BCUT2D eigenvalue weighted by molar-refractivity contribution is 0.170. The van der Waals surface area contributed by atoms with Gasteiger partial charge in [0, 0.05) is 17.1 Å². The first-order chi connectivity index (χ1) is 8.13. The molecule has 0 aliphatic rings. The van der Waals surface area contributed by atoms with Crippen LogP contribution in [0.15, 0.2) is 28.7 Å². The average Bonchev–Trinajstić information content (AvgIpc) is 2.33. The Bertz CT molecular complexity index is 335. The molecule has 0 heterocycles. The van der Waals surface area contributed by atoms with Crippen molar-refractivity contribution in [3.05, 3.63) is 34.3 Å². The maximum atomic E-state index is 10.0. The number of halogens is 1. The van der Waals surface area contributed by atoms with Gasteiger partial charge in [0.25, 0.3) is 0 Å². The molecule has 0 saturated heterocycles. The summed E-state index contributed by atoms with van der Waals surface area (Å²) in [7, 11) is 0. The maximum Gasteiger partial charge on any atom is 0.0914 e. The Morgan fingerprint density at radius 3 is 2.88 bits per heavy atom. The van der Waals surface area contributed by atoms with Crippen LogP contribution in [0.5, 0.6) is 0 Å². The minimum Gasteiger partial charge on any atom is -0.387 e. The minimum absolute atomic E-state index is 0.441. The van der Waals surface area contributed by atoms with E-state index in [9.17, 15) is 5.11 Å². The molecule has 96 valence electrons. The first-order valence-corrected chi connectivity index (χ1v) is 7.98. The smallest absolute Gasteiger partial charge is 0.0914 e. The summed E-state index contributed by atoms with van der Waals surface area (Å²) in [5.74, 6) is 1.15. The summed E-state index contributed by atoms with van der Waals surface area (Å²) in [4.78, 5) is 0. The van der Waals surface area contributed by atoms with E-state index < -0.39 is 6.10 Å². The number of nitrogens with one attached hydrogen (secondary N) is 1. The van der Waals surface area contributed by atoms with Crippen molar-refractivity contribution >= 4 is 27.7 Å². The highest BCUT2D eigenvalue weighted by Gasteiger charge is 2.09. The van der Waals surface area contributed by atoms with E-state index in [4.69, 9.17) is 0 Å². The quantitative estimate of drug-likeness (QED) is 0.810. The van der Waals surface area contributed by atoms with E-state index in [0.29, 0.717) is 12.6 Å². The van der Waals surface area contributed by atoms with Crippen LogP contribution in [0.4, 0.5) is 0 Å².